The van der Waals surface area contributed by atoms with Crippen molar-refractivity contribution in [2.24, 2.45) is 0 Å². The highest BCUT2D eigenvalue weighted by atomic mass is 19.3. The summed E-state index contributed by atoms with van der Waals surface area (Å²) in [6, 6.07) is 0.623. The molecule has 0 bridgehead atoms. The molecule has 0 saturated carbocycles. The number of halogens is 2. The maximum Gasteiger partial charge on any atom is 0.333 e. The zero-order valence-electron chi connectivity index (χ0n) is 10.3. The smallest absolute Gasteiger partial charge is 0.333 e. The summed E-state index contributed by atoms with van der Waals surface area (Å²) in [5.41, 5.74) is -0.160. The van der Waals surface area contributed by atoms with Gasteiger partial charge in [0.15, 0.2) is 0 Å². The molecule has 1 aromatic heterocycles. The van der Waals surface area contributed by atoms with E-state index in [1.807, 2.05) is 6.92 Å². The zero-order chi connectivity index (χ0) is 14.4. The number of carbonyl (C=O) groups excluding carboxylic acids is 1. The molecule has 8 heteroatoms. The topological polar surface area (TPSA) is 84.2 Å². The molecule has 0 aromatic carbocycles. The van der Waals surface area contributed by atoms with Crippen LogP contribution in [0.5, 0.6) is 0 Å². The molecule has 0 radical (unpaired) electrons. The Hall–Kier alpha value is -1.99. The number of nitrogens with zero attached hydrogens (tertiary/aromatic N) is 2. The third kappa shape index (κ3) is 4.65. The van der Waals surface area contributed by atoms with Gasteiger partial charge in [-0.05, 0) is 12.5 Å². The second-order valence-corrected chi connectivity index (χ2v) is 4.02. The number of carboxylic acid groups (broad SMARTS) is 1. The fourth-order valence-electron chi connectivity index (χ4n) is 1.61. The van der Waals surface area contributed by atoms with E-state index in [0.717, 1.165) is 12.3 Å². The minimum absolute atomic E-state index is 0.160. The van der Waals surface area contributed by atoms with Crippen molar-refractivity contribution in [2.75, 3.05) is 0 Å². The lowest BCUT2D eigenvalue weighted by molar-refractivity contribution is -0.137. The number of aromatic nitrogens is 2. The van der Waals surface area contributed by atoms with Crippen molar-refractivity contribution in [2.45, 2.75) is 38.8 Å². The first-order valence-corrected chi connectivity index (χ1v) is 5.80. The summed E-state index contributed by atoms with van der Waals surface area (Å²) in [6.07, 6.45) is 1.97. The maximum atomic E-state index is 12.3. The normalized spacial score (nSPS) is 12.4. The van der Waals surface area contributed by atoms with Crippen LogP contribution in [0, 0.1) is 0 Å². The van der Waals surface area contributed by atoms with Crippen LogP contribution < -0.4 is 5.32 Å². The summed E-state index contributed by atoms with van der Waals surface area (Å²) in [5, 5.41) is 14.6. The van der Waals surface area contributed by atoms with Gasteiger partial charge in [-0.25, -0.2) is 4.68 Å². The van der Waals surface area contributed by atoms with E-state index in [1.165, 1.54) is 0 Å². The van der Waals surface area contributed by atoms with Gasteiger partial charge in [0, 0.05) is 12.2 Å². The van der Waals surface area contributed by atoms with Gasteiger partial charge in [0.25, 0.3) is 5.91 Å². The van der Waals surface area contributed by atoms with Crippen molar-refractivity contribution in [3.63, 3.8) is 0 Å². The van der Waals surface area contributed by atoms with Crippen molar-refractivity contribution >= 4 is 11.9 Å². The Balaban J connectivity index is 2.67. The Morgan fingerprint density at radius 1 is 1.53 bits per heavy atom. The van der Waals surface area contributed by atoms with Crippen molar-refractivity contribution < 1.29 is 23.5 Å². The highest BCUT2D eigenvalue weighted by molar-refractivity contribution is 5.92. The van der Waals surface area contributed by atoms with Crippen molar-refractivity contribution in [3.05, 3.63) is 18.0 Å². The molecule has 2 N–H and O–H groups in total. The number of nitrogens with one attached hydrogen (secondary N) is 1. The first-order chi connectivity index (χ1) is 8.93. The van der Waals surface area contributed by atoms with Crippen molar-refractivity contribution in [3.8, 4) is 0 Å². The monoisotopic (exact) mass is 275 g/mol. The van der Waals surface area contributed by atoms with Gasteiger partial charge in [-0.15, -0.1) is 0 Å². The summed E-state index contributed by atoms with van der Waals surface area (Å²) < 4.78 is 24.9. The van der Waals surface area contributed by atoms with E-state index in [0.29, 0.717) is 17.5 Å². The van der Waals surface area contributed by atoms with Crippen LogP contribution in [0.1, 0.15) is 43.2 Å². The van der Waals surface area contributed by atoms with Crippen LogP contribution in [0.15, 0.2) is 12.3 Å². The number of alkyl halides is 2. The van der Waals surface area contributed by atoms with E-state index < -0.39 is 24.5 Å². The van der Waals surface area contributed by atoms with Crippen LogP contribution in [0.2, 0.25) is 0 Å². The van der Waals surface area contributed by atoms with Gasteiger partial charge >= 0.3 is 12.5 Å². The van der Waals surface area contributed by atoms with E-state index in [2.05, 4.69) is 10.4 Å². The first-order valence-electron chi connectivity index (χ1n) is 5.80. The quantitative estimate of drug-likeness (QED) is 0.792. The van der Waals surface area contributed by atoms with Crippen LogP contribution in [-0.4, -0.2) is 32.8 Å². The van der Waals surface area contributed by atoms with Crippen LogP contribution in [-0.2, 0) is 4.79 Å². The lowest BCUT2D eigenvalue weighted by atomic mass is 10.1. The lowest BCUT2D eigenvalue weighted by Crippen LogP contribution is -2.36. The number of hydrogen-bond acceptors (Lipinski definition) is 3. The third-order valence-corrected chi connectivity index (χ3v) is 2.43. The fraction of sp³-hybridized carbons (Fsp3) is 0.545. The number of amides is 1. The highest BCUT2D eigenvalue weighted by Crippen LogP contribution is 2.09. The zero-order valence-corrected chi connectivity index (χ0v) is 10.3. The minimum atomic E-state index is -2.81. The lowest BCUT2D eigenvalue weighted by Gasteiger charge is -2.15. The summed E-state index contributed by atoms with van der Waals surface area (Å²) in [5.74, 6) is -1.68. The Labute approximate surface area is 108 Å². The van der Waals surface area contributed by atoms with Gasteiger partial charge in [0.05, 0.1) is 6.42 Å². The average Bonchev–Trinajstić information content (AvgIpc) is 2.77. The molecule has 0 aliphatic rings. The number of carboxylic acids is 1. The second-order valence-electron chi connectivity index (χ2n) is 4.02. The number of aliphatic carboxylic acids is 1. The van der Waals surface area contributed by atoms with E-state index in [9.17, 15) is 18.4 Å². The summed E-state index contributed by atoms with van der Waals surface area (Å²) in [6.45, 7) is -0.959. The van der Waals surface area contributed by atoms with E-state index in [-0.39, 0.29) is 12.1 Å². The van der Waals surface area contributed by atoms with E-state index in [1.54, 1.807) is 0 Å². The highest BCUT2D eigenvalue weighted by Gasteiger charge is 2.18. The van der Waals surface area contributed by atoms with Crippen LogP contribution in [0.3, 0.4) is 0 Å². The molecule has 1 rings (SSSR count). The molecule has 19 heavy (non-hydrogen) atoms. The summed E-state index contributed by atoms with van der Waals surface area (Å²) in [7, 11) is 0. The predicted octanol–water partition coefficient (Wildman–Crippen LogP) is 1.65. The molecular formula is C11H15F2N3O3. The first kappa shape index (κ1) is 15.1. The number of hydrogen-bond donors (Lipinski definition) is 2. The molecule has 1 amide bonds. The van der Waals surface area contributed by atoms with Gasteiger partial charge in [-0.2, -0.15) is 13.9 Å². The van der Waals surface area contributed by atoms with E-state index in [4.69, 9.17) is 5.11 Å². The van der Waals surface area contributed by atoms with Gasteiger partial charge in [-0.3, -0.25) is 9.59 Å². The molecule has 1 aromatic rings. The third-order valence-electron chi connectivity index (χ3n) is 2.43. The molecule has 1 atom stereocenters. The largest absolute Gasteiger partial charge is 0.481 e. The fourth-order valence-corrected chi connectivity index (χ4v) is 1.61. The van der Waals surface area contributed by atoms with Gasteiger partial charge in [0.2, 0.25) is 0 Å². The number of carbonyl (C=O) groups is 2. The molecule has 0 fully saturated rings. The summed E-state index contributed by atoms with van der Waals surface area (Å²) in [4.78, 5) is 22.3. The minimum Gasteiger partial charge on any atom is -0.481 e. The van der Waals surface area contributed by atoms with Gasteiger partial charge in [0.1, 0.15) is 5.69 Å². The Kier molecular flexibility index (Phi) is 5.40. The number of rotatable bonds is 7. The molecule has 0 spiro atoms. The van der Waals surface area contributed by atoms with Crippen LogP contribution in [0.25, 0.3) is 0 Å². The van der Waals surface area contributed by atoms with Crippen LogP contribution >= 0.6 is 0 Å². The molecular weight excluding hydrogens is 260 g/mol. The van der Waals surface area contributed by atoms with Gasteiger partial charge < -0.3 is 10.4 Å². The van der Waals surface area contributed by atoms with Crippen molar-refractivity contribution in [1.82, 2.24) is 15.1 Å². The van der Waals surface area contributed by atoms with Crippen molar-refractivity contribution in [1.29, 1.82) is 0 Å². The molecule has 1 heterocycles. The molecule has 106 valence electrons. The second kappa shape index (κ2) is 6.81. The Bertz CT molecular complexity index is 448. The molecule has 0 aliphatic carbocycles. The Morgan fingerprint density at radius 3 is 2.68 bits per heavy atom. The molecule has 0 saturated heterocycles. The molecule has 6 nitrogen and oxygen atoms in total. The molecule has 0 aliphatic heterocycles. The molecule has 1 unspecified atom stereocenters. The Morgan fingerprint density at radius 2 is 2.21 bits per heavy atom. The predicted molar refractivity (Wildman–Crippen MR) is 61.9 cm³/mol. The van der Waals surface area contributed by atoms with Crippen LogP contribution in [0.4, 0.5) is 8.78 Å². The maximum absolute atomic E-state index is 12.3. The average molecular weight is 275 g/mol. The SMILES string of the molecule is CCCC(CC(=O)O)NC(=O)c1ccn(C(F)F)n1. The summed E-state index contributed by atoms with van der Waals surface area (Å²) >= 11 is 0. The van der Waals surface area contributed by atoms with Gasteiger partial charge in [-0.1, -0.05) is 13.3 Å². The van der Waals surface area contributed by atoms with E-state index >= 15 is 0 Å². The standard InChI is InChI=1S/C11H15F2N3O3/c1-2-3-7(6-9(17)18)14-10(19)8-4-5-16(15-8)11(12)13/h4-5,7,11H,2-3,6H2,1H3,(H,14,19)(H,17,18).